The molecule has 1 heterocycles. The highest BCUT2D eigenvalue weighted by atomic mass is 79.9. The van der Waals surface area contributed by atoms with Crippen molar-refractivity contribution in [3.63, 3.8) is 0 Å². The third-order valence-corrected chi connectivity index (χ3v) is 6.13. The van der Waals surface area contributed by atoms with E-state index in [0.717, 1.165) is 29.5 Å². The summed E-state index contributed by atoms with van der Waals surface area (Å²) in [5, 5.41) is 3.18. The zero-order valence-electron chi connectivity index (χ0n) is 10.5. The van der Waals surface area contributed by atoms with E-state index >= 15 is 0 Å². The second-order valence-corrected chi connectivity index (χ2v) is 7.43. The lowest BCUT2D eigenvalue weighted by Gasteiger charge is -2.23. The summed E-state index contributed by atoms with van der Waals surface area (Å²) >= 11 is 3.38. The number of nitrogens with zero attached hydrogens (tertiary/aromatic N) is 1. The predicted molar refractivity (Wildman–Crippen MR) is 75.1 cm³/mol. The molecule has 18 heavy (non-hydrogen) atoms. The molecule has 1 atom stereocenters. The molecule has 100 valence electrons. The van der Waals surface area contributed by atoms with Gasteiger partial charge in [0.1, 0.15) is 0 Å². The number of benzene rings is 1. The molecule has 1 aliphatic rings. The molecule has 0 aromatic heterocycles. The Balaban J connectivity index is 2.32. The number of hydrogen-bond donors (Lipinski definition) is 1. The zero-order valence-corrected chi connectivity index (χ0v) is 12.9. The molecular formula is C12H17BrN2O2S. The van der Waals surface area contributed by atoms with Gasteiger partial charge in [-0.15, -0.1) is 0 Å². The molecule has 1 aromatic carbocycles. The van der Waals surface area contributed by atoms with Gasteiger partial charge >= 0.3 is 0 Å². The summed E-state index contributed by atoms with van der Waals surface area (Å²) < 4.78 is 27.2. The summed E-state index contributed by atoms with van der Waals surface area (Å²) in [6.07, 6.45) is 0.864. The fourth-order valence-electron chi connectivity index (χ4n) is 2.05. The van der Waals surface area contributed by atoms with Gasteiger partial charge in [0.25, 0.3) is 0 Å². The van der Waals surface area contributed by atoms with Crippen molar-refractivity contribution in [1.82, 2.24) is 9.62 Å². The number of nitrogens with one attached hydrogen (secondary N) is 1. The molecule has 1 unspecified atom stereocenters. The first-order valence-electron chi connectivity index (χ1n) is 5.88. The van der Waals surface area contributed by atoms with Crippen LogP contribution in [0.4, 0.5) is 0 Å². The van der Waals surface area contributed by atoms with Gasteiger partial charge in [-0.05, 0) is 37.6 Å². The van der Waals surface area contributed by atoms with E-state index < -0.39 is 10.0 Å². The molecule has 0 amide bonds. The first kappa shape index (κ1) is 14.0. The Bertz CT molecular complexity index is 539. The van der Waals surface area contributed by atoms with Gasteiger partial charge in [-0.25, -0.2) is 8.42 Å². The van der Waals surface area contributed by atoms with Crippen LogP contribution in [0.1, 0.15) is 12.0 Å². The van der Waals surface area contributed by atoms with Crippen LogP contribution in [0.15, 0.2) is 27.6 Å². The van der Waals surface area contributed by atoms with Crippen molar-refractivity contribution < 1.29 is 8.42 Å². The maximum atomic E-state index is 12.5. The maximum Gasteiger partial charge on any atom is 0.243 e. The van der Waals surface area contributed by atoms with Gasteiger partial charge in [-0.2, -0.15) is 4.31 Å². The van der Waals surface area contributed by atoms with Gasteiger partial charge in [-0.3, -0.25) is 0 Å². The van der Waals surface area contributed by atoms with E-state index in [1.54, 1.807) is 19.2 Å². The molecule has 0 bridgehead atoms. The normalized spacial score (nSPS) is 20.6. The first-order valence-corrected chi connectivity index (χ1v) is 8.11. The van der Waals surface area contributed by atoms with Crippen molar-refractivity contribution in [2.45, 2.75) is 24.3 Å². The Morgan fingerprint density at radius 2 is 2.17 bits per heavy atom. The first-order chi connectivity index (χ1) is 8.43. The molecule has 1 aliphatic heterocycles. The fraction of sp³-hybridized carbons (Fsp3) is 0.500. The van der Waals surface area contributed by atoms with E-state index in [1.807, 2.05) is 13.0 Å². The number of sulfonamides is 1. The van der Waals surface area contributed by atoms with Gasteiger partial charge in [0.2, 0.25) is 10.0 Å². The number of halogens is 1. The zero-order chi connectivity index (χ0) is 13.3. The Kier molecular flexibility index (Phi) is 4.11. The number of aryl methyl sites for hydroxylation is 1. The van der Waals surface area contributed by atoms with Crippen LogP contribution in [0.25, 0.3) is 0 Å². The summed E-state index contributed by atoms with van der Waals surface area (Å²) in [7, 11) is -1.74. The van der Waals surface area contributed by atoms with Gasteiger partial charge in [0.15, 0.2) is 0 Å². The predicted octanol–water partition coefficient (Wildman–Crippen LogP) is 1.74. The van der Waals surface area contributed by atoms with Crippen LogP contribution in [0, 0.1) is 6.92 Å². The van der Waals surface area contributed by atoms with Crippen molar-refractivity contribution in [2.75, 3.05) is 20.1 Å². The minimum atomic E-state index is -3.40. The number of rotatable bonds is 3. The minimum Gasteiger partial charge on any atom is -0.315 e. The lowest BCUT2D eigenvalue weighted by atomic mass is 10.2. The summed E-state index contributed by atoms with van der Waals surface area (Å²) in [5.74, 6) is 0. The van der Waals surface area contributed by atoms with Gasteiger partial charge in [0.05, 0.1) is 4.90 Å². The topological polar surface area (TPSA) is 49.4 Å². The molecular weight excluding hydrogens is 316 g/mol. The van der Waals surface area contributed by atoms with Crippen LogP contribution in [0.5, 0.6) is 0 Å². The number of hydrogen-bond acceptors (Lipinski definition) is 3. The van der Waals surface area contributed by atoms with Crippen LogP contribution >= 0.6 is 15.9 Å². The Morgan fingerprint density at radius 3 is 2.72 bits per heavy atom. The summed E-state index contributed by atoms with van der Waals surface area (Å²) in [6, 6.07) is 5.20. The van der Waals surface area contributed by atoms with Crippen LogP contribution in [-0.2, 0) is 10.0 Å². The summed E-state index contributed by atoms with van der Waals surface area (Å²) in [6.45, 7) is 3.54. The van der Waals surface area contributed by atoms with Crippen molar-refractivity contribution in [3.8, 4) is 0 Å². The maximum absolute atomic E-state index is 12.5. The molecule has 1 saturated heterocycles. The average Bonchev–Trinajstić information content (AvgIpc) is 2.85. The van der Waals surface area contributed by atoms with E-state index in [1.165, 1.54) is 4.31 Å². The SMILES string of the molecule is Cc1ccc(S(=O)(=O)N(C)C2CCNC2)cc1Br. The molecule has 1 N–H and O–H groups in total. The average molecular weight is 333 g/mol. The van der Waals surface area contributed by atoms with Crippen LogP contribution in [0.2, 0.25) is 0 Å². The molecule has 1 aromatic rings. The third kappa shape index (κ3) is 2.61. The highest BCUT2D eigenvalue weighted by molar-refractivity contribution is 9.10. The molecule has 1 fully saturated rings. The largest absolute Gasteiger partial charge is 0.315 e. The fourth-order valence-corrected chi connectivity index (χ4v) is 3.99. The monoisotopic (exact) mass is 332 g/mol. The lowest BCUT2D eigenvalue weighted by Crippen LogP contribution is -2.38. The van der Waals surface area contributed by atoms with Gasteiger partial charge in [-0.1, -0.05) is 22.0 Å². The van der Waals surface area contributed by atoms with Crippen LogP contribution in [-0.4, -0.2) is 38.9 Å². The van der Waals surface area contributed by atoms with Crippen molar-refractivity contribution in [3.05, 3.63) is 28.2 Å². The van der Waals surface area contributed by atoms with Gasteiger partial charge in [0, 0.05) is 24.1 Å². The molecule has 0 aliphatic carbocycles. The Hall–Kier alpha value is -0.430. The minimum absolute atomic E-state index is 0.0510. The van der Waals surface area contributed by atoms with E-state index in [2.05, 4.69) is 21.2 Å². The van der Waals surface area contributed by atoms with Gasteiger partial charge < -0.3 is 5.32 Å². The lowest BCUT2D eigenvalue weighted by molar-refractivity contribution is 0.387. The molecule has 0 radical (unpaired) electrons. The molecule has 4 nitrogen and oxygen atoms in total. The molecule has 6 heteroatoms. The molecule has 0 saturated carbocycles. The third-order valence-electron chi connectivity index (χ3n) is 3.37. The molecule has 2 rings (SSSR count). The number of likely N-dealkylation sites (N-methyl/N-ethyl adjacent to an activating group) is 1. The van der Waals surface area contributed by atoms with E-state index in [0.29, 0.717) is 4.90 Å². The highest BCUT2D eigenvalue weighted by Crippen LogP contribution is 2.24. The second-order valence-electron chi connectivity index (χ2n) is 4.58. The van der Waals surface area contributed by atoms with Crippen molar-refractivity contribution in [2.24, 2.45) is 0 Å². The van der Waals surface area contributed by atoms with E-state index in [-0.39, 0.29) is 6.04 Å². The standard InChI is InChI=1S/C12H17BrN2O2S/c1-9-3-4-11(7-12(9)13)18(16,17)15(2)10-5-6-14-8-10/h3-4,7,10,14H,5-6,8H2,1-2H3. The van der Waals surface area contributed by atoms with Crippen LogP contribution < -0.4 is 5.32 Å². The summed E-state index contributed by atoms with van der Waals surface area (Å²) in [4.78, 5) is 0.342. The van der Waals surface area contributed by atoms with E-state index in [4.69, 9.17) is 0 Å². The van der Waals surface area contributed by atoms with Crippen LogP contribution in [0.3, 0.4) is 0 Å². The van der Waals surface area contributed by atoms with Crippen molar-refractivity contribution in [1.29, 1.82) is 0 Å². The van der Waals surface area contributed by atoms with E-state index in [9.17, 15) is 8.42 Å². The summed E-state index contributed by atoms with van der Waals surface area (Å²) in [5.41, 5.74) is 1.03. The Morgan fingerprint density at radius 1 is 1.44 bits per heavy atom. The highest BCUT2D eigenvalue weighted by Gasteiger charge is 2.30. The molecule has 0 spiro atoms. The second kappa shape index (κ2) is 5.28. The quantitative estimate of drug-likeness (QED) is 0.917. The smallest absolute Gasteiger partial charge is 0.243 e. The van der Waals surface area contributed by atoms with Crippen molar-refractivity contribution >= 4 is 26.0 Å². The Labute approximate surface area is 117 Å².